The van der Waals surface area contributed by atoms with E-state index in [1.165, 1.54) is 5.56 Å². The Labute approximate surface area is 202 Å². The highest BCUT2D eigenvalue weighted by molar-refractivity contribution is 14.0. The van der Waals surface area contributed by atoms with Gasteiger partial charge in [-0.1, -0.05) is 50.2 Å². The summed E-state index contributed by atoms with van der Waals surface area (Å²) in [5.74, 6) is 1.78. The van der Waals surface area contributed by atoms with Gasteiger partial charge in [0, 0.05) is 25.7 Å². The molecule has 168 valence electrons. The van der Waals surface area contributed by atoms with Gasteiger partial charge in [0.2, 0.25) is 0 Å². The van der Waals surface area contributed by atoms with Gasteiger partial charge in [0.25, 0.3) is 0 Å². The second-order valence-electron chi connectivity index (χ2n) is 7.09. The van der Waals surface area contributed by atoms with Gasteiger partial charge in [0.15, 0.2) is 11.6 Å². The number of rotatable bonds is 10. The Bertz CT molecular complexity index is 922. The first-order valence-electron chi connectivity index (χ1n) is 10.9. The first-order valence-corrected chi connectivity index (χ1v) is 10.9. The predicted octanol–water partition coefficient (Wildman–Crippen LogP) is 3.53. The van der Waals surface area contributed by atoms with Gasteiger partial charge in [-0.15, -0.1) is 34.2 Å². The number of aliphatic imine (C=N–C) groups is 1. The summed E-state index contributed by atoms with van der Waals surface area (Å²) in [7, 11) is 0. The van der Waals surface area contributed by atoms with Crippen LogP contribution < -0.4 is 10.6 Å². The van der Waals surface area contributed by atoms with Gasteiger partial charge in [-0.05, 0) is 37.7 Å². The largest absolute Gasteiger partial charge is 0.357 e. The van der Waals surface area contributed by atoms with Gasteiger partial charge in [0.1, 0.15) is 5.82 Å². The molecule has 2 aromatic heterocycles. The highest BCUT2D eigenvalue weighted by Crippen LogP contribution is 2.20. The van der Waals surface area contributed by atoms with Crippen molar-refractivity contribution < 1.29 is 0 Å². The van der Waals surface area contributed by atoms with Crippen LogP contribution in [0.25, 0.3) is 5.65 Å². The third-order valence-electron chi connectivity index (χ3n) is 5.23. The second kappa shape index (κ2) is 13.3. The molecular formula is C23H34IN7. The van der Waals surface area contributed by atoms with Crippen LogP contribution in [0.4, 0.5) is 0 Å². The summed E-state index contributed by atoms with van der Waals surface area (Å²) >= 11 is 0. The van der Waals surface area contributed by atoms with E-state index in [9.17, 15) is 0 Å². The lowest BCUT2D eigenvalue weighted by atomic mass is 10.1. The molecule has 0 saturated carbocycles. The average molecular weight is 535 g/mol. The summed E-state index contributed by atoms with van der Waals surface area (Å²) in [6.07, 6.45) is 2.77. The molecule has 8 heteroatoms. The topological polar surface area (TPSA) is 69.8 Å². The van der Waals surface area contributed by atoms with Crippen molar-refractivity contribution in [3.05, 3.63) is 66.1 Å². The minimum atomic E-state index is 0. The van der Waals surface area contributed by atoms with Gasteiger partial charge in [-0.25, -0.2) is 0 Å². The number of nitrogens with one attached hydrogen (secondary N) is 2. The Morgan fingerprint density at radius 3 is 2.45 bits per heavy atom. The molecule has 0 radical (unpaired) electrons. The van der Waals surface area contributed by atoms with Crippen LogP contribution in [0, 0.1) is 0 Å². The molecule has 2 N–H and O–H groups in total. The minimum Gasteiger partial charge on any atom is -0.357 e. The standard InChI is InChI=1S/C23H33N7.HI/c1-4-24-23(25-16-15-22-28-27-21-14-10-11-17-30(21)22)26-18-20(29(5-2)6-3)19-12-8-7-9-13-19;/h7-14,17,20H,4-6,15-16,18H2,1-3H3,(H2,24,25,26);1H. The fourth-order valence-corrected chi connectivity index (χ4v) is 3.64. The Hall–Kier alpha value is -2.20. The van der Waals surface area contributed by atoms with Crippen molar-refractivity contribution in [2.24, 2.45) is 4.99 Å². The monoisotopic (exact) mass is 535 g/mol. The molecule has 7 nitrogen and oxygen atoms in total. The zero-order valence-electron chi connectivity index (χ0n) is 18.7. The zero-order chi connectivity index (χ0) is 21.2. The number of halogens is 1. The molecule has 0 aliphatic rings. The van der Waals surface area contributed by atoms with E-state index in [1.54, 1.807) is 0 Å². The minimum absolute atomic E-state index is 0. The highest BCUT2D eigenvalue weighted by atomic mass is 127. The maximum absolute atomic E-state index is 4.90. The van der Waals surface area contributed by atoms with Crippen LogP contribution in [0.1, 0.15) is 38.2 Å². The molecule has 0 bridgehead atoms. The molecule has 0 amide bonds. The normalized spacial score (nSPS) is 12.6. The second-order valence-corrected chi connectivity index (χ2v) is 7.09. The maximum Gasteiger partial charge on any atom is 0.191 e. The molecule has 0 aliphatic carbocycles. The fourth-order valence-electron chi connectivity index (χ4n) is 3.64. The highest BCUT2D eigenvalue weighted by Gasteiger charge is 2.17. The summed E-state index contributed by atoms with van der Waals surface area (Å²) < 4.78 is 2.03. The number of fused-ring (bicyclic) bond motifs is 1. The lowest BCUT2D eigenvalue weighted by Gasteiger charge is -2.29. The fraction of sp³-hybridized carbons (Fsp3) is 0.435. The predicted molar refractivity (Wildman–Crippen MR) is 138 cm³/mol. The smallest absolute Gasteiger partial charge is 0.191 e. The van der Waals surface area contributed by atoms with Gasteiger partial charge in [-0.3, -0.25) is 14.3 Å². The van der Waals surface area contributed by atoms with E-state index in [1.807, 2.05) is 28.8 Å². The molecule has 3 rings (SSSR count). The van der Waals surface area contributed by atoms with Gasteiger partial charge in [0.05, 0.1) is 12.6 Å². The van der Waals surface area contributed by atoms with Crippen molar-refractivity contribution >= 4 is 35.6 Å². The molecule has 1 aromatic carbocycles. The summed E-state index contributed by atoms with van der Waals surface area (Å²) in [4.78, 5) is 7.35. The van der Waals surface area contributed by atoms with E-state index in [-0.39, 0.29) is 30.0 Å². The van der Waals surface area contributed by atoms with Crippen LogP contribution in [0.3, 0.4) is 0 Å². The SMILES string of the molecule is CCNC(=NCC(c1ccccc1)N(CC)CC)NCCc1nnc2ccccn12.I. The van der Waals surface area contributed by atoms with Crippen molar-refractivity contribution in [2.45, 2.75) is 33.2 Å². The number of pyridine rings is 1. The van der Waals surface area contributed by atoms with E-state index in [2.05, 4.69) is 76.8 Å². The van der Waals surface area contributed by atoms with Crippen molar-refractivity contribution in [2.75, 3.05) is 32.7 Å². The van der Waals surface area contributed by atoms with Crippen molar-refractivity contribution in [3.63, 3.8) is 0 Å². The van der Waals surface area contributed by atoms with E-state index >= 15 is 0 Å². The molecule has 0 saturated heterocycles. The summed E-state index contributed by atoms with van der Waals surface area (Å²) in [5.41, 5.74) is 2.17. The summed E-state index contributed by atoms with van der Waals surface area (Å²) in [6, 6.07) is 16.8. The molecule has 0 aliphatic heterocycles. The number of hydrogen-bond acceptors (Lipinski definition) is 4. The third-order valence-corrected chi connectivity index (χ3v) is 5.23. The summed E-state index contributed by atoms with van der Waals surface area (Å²) in [5, 5.41) is 15.3. The lowest BCUT2D eigenvalue weighted by Crippen LogP contribution is -2.39. The number of likely N-dealkylation sites (N-methyl/N-ethyl adjacent to an activating group) is 1. The van der Waals surface area contributed by atoms with Crippen molar-refractivity contribution in [3.8, 4) is 0 Å². The van der Waals surface area contributed by atoms with Crippen LogP contribution in [0.2, 0.25) is 0 Å². The maximum atomic E-state index is 4.90. The van der Waals surface area contributed by atoms with E-state index in [4.69, 9.17) is 4.99 Å². The molecule has 2 heterocycles. The van der Waals surface area contributed by atoms with Gasteiger partial charge < -0.3 is 10.6 Å². The number of nitrogens with zero attached hydrogens (tertiary/aromatic N) is 5. The van der Waals surface area contributed by atoms with E-state index in [0.29, 0.717) is 6.54 Å². The first kappa shape index (κ1) is 25.1. The molecule has 1 unspecified atom stereocenters. The number of benzene rings is 1. The Kier molecular flexibility index (Phi) is 10.7. The van der Waals surface area contributed by atoms with Crippen molar-refractivity contribution in [1.29, 1.82) is 0 Å². The van der Waals surface area contributed by atoms with Crippen LogP contribution in [-0.2, 0) is 6.42 Å². The zero-order valence-corrected chi connectivity index (χ0v) is 21.0. The van der Waals surface area contributed by atoms with Crippen molar-refractivity contribution in [1.82, 2.24) is 30.1 Å². The number of aromatic nitrogens is 3. The van der Waals surface area contributed by atoms with E-state index < -0.39 is 0 Å². The lowest BCUT2D eigenvalue weighted by molar-refractivity contribution is 0.224. The molecule has 3 aromatic rings. The molecule has 0 spiro atoms. The van der Waals surface area contributed by atoms with E-state index in [0.717, 1.165) is 50.0 Å². The third kappa shape index (κ3) is 6.90. The Balaban J connectivity index is 0.00000341. The average Bonchev–Trinajstić information content (AvgIpc) is 3.20. The van der Waals surface area contributed by atoms with Crippen LogP contribution in [0.5, 0.6) is 0 Å². The van der Waals surface area contributed by atoms with Gasteiger partial charge in [-0.2, -0.15) is 0 Å². The first-order chi connectivity index (χ1) is 14.8. The quantitative estimate of drug-likeness (QED) is 0.236. The Morgan fingerprint density at radius 2 is 1.74 bits per heavy atom. The van der Waals surface area contributed by atoms with Crippen LogP contribution in [0.15, 0.2) is 59.7 Å². The number of guanidine groups is 1. The molecular weight excluding hydrogens is 501 g/mol. The summed E-state index contributed by atoms with van der Waals surface area (Å²) in [6.45, 7) is 10.7. The number of hydrogen-bond donors (Lipinski definition) is 2. The van der Waals surface area contributed by atoms with Gasteiger partial charge >= 0.3 is 0 Å². The molecule has 1 atom stereocenters. The molecule has 0 fully saturated rings. The Morgan fingerprint density at radius 1 is 1.00 bits per heavy atom. The van der Waals surface area contributed by atoms with Crippen LogP contribution in [-0.4, -0.2) is 58.2 Å². The van der Waals surface area contributed by atoms with Crippen LogP contribution >= 0.6 is 24.0 Å². The molecule has 31 heavy (non-hydrogen) atoms.